The first-order chi connectivity index (χ1) is 22.0. The number of fused-ring (bicyclic) bond motifs is 1. The van der Waals surface area contributed by atoms with Crippen molar-refractivity contribution in [1.82, 2.24) is 14.9 Å². The molecule has 1 aliphatic heterocycles. The third-order valence-electron chi connectivity index (χ3n) is 7.40. The van der Waals surface area contributed by atoms with E-state index in [4.69, 9.17) is 25.8 Å². The summed E-state index contributed by atoms with van der Waals surface area (Å²) in [5, 5.41) is 17.3. The van der Waals surface area contributed by atoms with Crippen molar-refractivity contribution in [1.29, 1.82) is 5.26 Å². The van der Waals surface area contributed by atoms with Crippen LogP contribution in [0.25, 0.3) is 10.9 Å². The van der Waals surface area contributed by atoms with E-state index < -0.39 is 0 Å². The number of nitrogens with one attached hydrogen (secondary N) is 2. The summed E-state index contributed by atoms with van der Waals surface area (Å²) in [6, 6.07) is 16.7. The Morgan fingerprint density at radius 1 is 1.11 bits per heavy atom. The average molecular weight is 627 g/mol. The number of carbonyl (C=O) groups is 1. The van der Waals surface area contributed by atoms with Crippen LogP contribution in [0.15, 0.2) is 72.6 Å². The quantitative estimate of drug-likeness (QED) is 0.170. The first-order valence-corrected chi connectivity index (χ1v) is 15.2. The van der Waals surface area contributed by atoms with Crippen LogP contribution in [0, 0.1) is 11.3 Å². The van der Waals surface area contributed by atoms with Gasteiger partial charge in [0.2, 0.25) is 5.91 Å². The van der Waals surface area contributed by atoms with E-state index in [-0.39, 0.29) is 12.5 Å². The Labute approximate surface area is 267 Å². The fourth-order valence-corrected chi connectivity index (χ4v) is 5.30. The Bertz CT molecular complexity index is 1710. The van der Waals surface area contributed by atoms with E-state index in [0.717, 1.165) is 43.7 Å². The van der Waals surface area contributed by atoms with Gasteiger partial charge >= 0.3 is 0 Å². The third-order valence-corrected chi connectivity index (χ3v) is 7.69. The summed E-state index contributed by atoms with van der Waals surface area (Å²) >= 11 is 6.56. The number of nitriles is 1. The molecule has 5 rings (SSSR count). The van der Waals surface area contributed by atoms with Gasteiger partial charge in [0.15, 0.2) is 0 Å². The summed E-state index contributed by atoms with van der Waals surface area (Å²) in [4.78, 5) is 24.2. The van der Waals surface area contributed by atoms with Crippen LogP contribution in [0.5, 0.6) is 11.5 Å². The fourth-order valence-electron chi connectivity index (χ4n) is 5.07. The number of carbonyl (C=O) groups excluding carboxylic acids is 1. The number of rotatable bonds is 12. The summed E-state index contributed by atoms with van der Waals surface area (Å²) in [6.07, 6.45) is 6.54. The highest BCUT2D eigenvalue weighted by molar-refractivity contribution is 6.32. The van der Waals surface area contributed by atoms with Crippen molar-refractivity contribution in [3.8, 4) is 17.6 Å². The second-order valence-electron chi connectivity index (χ2n) is 10.5. The number of likely N-dealkylation sites (tertiary alicyclic amines) is 1. The maximum Gasteiger partial charge on any atom is 0.248 e. The van der Waals surface area contributed by atoms with Gasteiger partial charge in [0.1, 0.15) is 24.2 Å². The van der Waals surface area contributed by atoms with Crippen molar-refractivity contribution < 1.29 is 19.0 Å². The van der Waals surface area contributed by atoms with Crippen LogP contribution in [0.3, 0.4) is 0 Å². The predicted molar refractivity (Wildman–Crippen MR) is 175 cm³/mol. The molecule has 0 unspecified atom stereocenters. The second-order valence-corrected chi connectivity index (χ2v) is 10.9. The van der Waals surface area contributed by atoms with Crippen molar-refractivity contribution >= 4 is 45.5 Å². The highest BCUT2D eigenvalue weighted by Gasteiger charge is 2.18. The normalized spacial score (nSPS) is 13.2. The number of nitrogens with zero attached hydrogens (tertiary/aromatic N) is 4. The van der Waals surface area contributed by atoms with E-state index in [1.165, 1.54) is 6.20 Å². The molecule has 0 bridgehead atoms. The monoisotopic (exact) mass is 626 g/mol. The van der Waals surface area contributed by atoms with Gasteiger partial charge in [-0.15, -0.1) is 0 Å². The number of benzene rings is 2. The zero-order valence-corrected chi connectivity index (χ0v) is 26.1. The number of halogens is 1. The third kappa shape index (κ3) is 8.28. The molecule has 0 saturated carbocycles. The van der Waals surface area contributed by atoms with E-state index in [1.807, 2.05) is 31.2 Å². The van der Waals surface area contributed by atoms with Gasteiger partial charge < -0.3 is 29.7 Å². The molecule has 11 heteroatoms. The van der Waals surface area contributed by atoms with Gasteiger partial charge in [-0.1, -0.05) is 23.2 Å². The number of ether oxygens (including phenoxy) is 3. The van der Waals surface area contributed by atoms with Gasteiger partial charge in [-0.05, 0) is 56.2 Å². The first kappa shape index (κ1) is 31.7. The van der Waals surface area contributed by atoms with Gasteiger partial charge in [0, 0.05) is 62.4 Å². The lowest BCUT2D eigenvalue weighted by Gasteiger charge is -2.27. The number of anilines is 3. The smallest absolute Gasteiger partial charge is 0.248 e. The number of hydrogen-bond donors (Lipinski definition) is 2. The minimum Gasteiger partial charge on any atom is -0.492 e. The molecule has 1 amide bonds. The molecule has 0 aliphatic carbocycles. The van der Waals surface area contributed by atoms with E-state index in [9.17, 15) is 10.1 Å². The summed E-state index contributed by atoms with van der Waals surface area (Å²) < 4.78 is 16.9. The Hall–Kier alpha value is -4.69. The molecule has 0 radical (unpaired) electrons. The molecule has 2 aromatic carbocycles. The average Bonchev–Trinajstić information content (AvgIpc) is 3.05. The Kier molecular flexibility index (Phi) is 10.8. The first-order valence-electron chi connectivity index (χ1n) is 14.8. The van der Waals surface area contributed by atoms with Gasteiger partial charge in [-0.2, -0.15) is 5.26 Å². The molecule has 3 heterocycles. The Morgan fingerprint density at radius 2 is 1.96 bits per heavy atom. The molecule has 2 N–H and O–H groups in total. The SMILES string of the molecule is CCOc1cc2ncc(C#N)c(Nc3ccc(OCc4ccccn4)c(Cl)c3)c2cc1NC(=O)C=C1CCN(CCOC)CC1. The van der Waals surface area contributed by atoms with Crippen LogP contribution in [0.2, 0.25) is 5.02 Å². The zero-order chi connectivity index (χ0) is 31.6. The summed E-state index contributed by atoms with van der Waals surface area (Å²) in [7, 11) is 1.70. The Balaban J connectivity index is 1.38. The lowest BCUT2D eigenvalue weighted by molar-refractivity contribution is -0.112. The van der Waals surface area contributed by atoms with Crippen molar-refractivity contribution in [2.24, 2.45) is 0 Å². The van der Waals surface area contributed by atoms with E-state index in [2.05, 4.69) is 31.6 Å². The minimum absolute atomic E-state index is 0.234. The molecular formula is C34H35ClN6O4. The molecule has 1 saturated heterocycles. The lowest BCUT2D eigenvalue weighted by Crippen LogP contribution is -2.33. The van der Waals surface area contributed by atoms with Crippen LogP contribution >= 0.6 is 11.6 Å². The number of methoxy groups -OCH3 is 1. The standard InChI is InChI=1S/C34H35ClN6O4/c1-3-44-32-19-29-27(18-30(32)40-33(42)16-23-9-12-41(13-10-23)14-15-43-2)34(24(20-36)21-38-29)39-25-7-8-31(28(35)17-25)45-22-26-6-4-5-11-37-26/h4-8,11,16-19,21H,3,9-10,12-15,22H2,1-2H3,(H,38,39)(H,40,42). The number of amides is 1. The number of aromatic nitrogens is 2. The molecule has 232 valence electrons. The molecule has 0 atom stereocenters. The lowest BCUT2D eigenvalue weighted by atomic mass is 10.0. The second kappa shape index (κ2) is 15.3. The van der Waals surface area contributed by atoms with Crippen molar-refractivity contribution in [2.75, 3.05) is 50.6 Å². The van der Waals surface area contributed by atoms with Crippen LogP contribution in [0.4, 0.5) is 17.1 Å². The molecule has 1 fully saturated rings. The maximum absolute atomic E-state index is 13.1. The molecule has 0 spiro atoms. The van der Waals surface area contributed by atoms with Crippen LogP contribution in [0.1, 0.15) is 31.0 Å². The van der Waals surface area contributed by atoms with Gasteiger partial charge in [-0.3, -0.25) is 14.8 Å². The van der Waals surface area contributed by atoms with Gasteiger partial charge in [0.05, 0.1) is 46.4 Å². The Morgan fingerprint density at radius 3 is 2.67 bits per heavy atom. The van der Waals surface area contributed by atoms with E-state index >= 15 is 0 Å². The van der Waals surface area contributed by atoms with Gasteiger partial charge in [0.25, 0.3) is 0 Å². The summed E-state index contributed by atoms with van der Waals surface area (Å²) in [5.74, 6) is 0.767. The summed E-state index contributed by atoms with van der Waals surface area (Å²) in [6.45, 7) is 5.92. The van der Waals surface area contributed by atoms with Crippen molar-refractivity contribution in [3.05, 3.63) is 88.9 Å². The minimum atomic E-state index is -0.234. The zero-order valence-electron chi connectivity index (χ0n) is 25.3. The van der Waals surface area contributed by atoms with Crippen molar-refractivity contribution in [2.45, 2.75) is 26.4 Å². The highest BCUT2D eigenvalue weighted by Crippen LogP contribution is 2.37. The predicted octanol–water partition coefficient (Wildman–Crippen LogP) is 6.48. The largest absolute Gasteiger partial charge is 0.492 e. The highest BCUT2D eigenvalue weighted by atomic mass is 35.5. The summed E-state index contributed by atoms with van der Waals surface area (Å²) in [5.41, 5.74) is 4.47. The topological polar surface area (TPSA) is 122 Å². The molecule has 1 aliphatic rings. The van der Waals surface area contributed by atoms with Crippen molar-refractivity contribution in [3.63, 3.8) is 0 Å². The van der Waals surface area contributed by atoms with Crippen LogP contribution < -0.4 is 20.1 Å². The fraction of sp³-hybridized carbons (Fsp3) is 0.294. The molecule has 45 heavy (non-hydrogen) atoms. The van der Waals surface area contributed by atoms with Gasteiger partial charge in [-0.25, -0.2) is 0 Å². The van der Waals surface area contributed by atoms with Crippen LogP contribution in [-0.4, -0.2) is 60.7 Å². The van der Waals surface area contributed by atoms with E-state index in [0.29, 0.717) is 63.3 Å². The molecular weight excluding hydrogens is 592 g/mol. The number of hydrogen-bond acceptors (Lipinski definition) is 9. The molecule has 4 aromatic rings. The molecule has 10 nitrogen and oxygen atoms in total. The van der Waals surface area contributed by atoms with E-state index in [1.54, 1.807) is 43.6 Å². The molecule has 2 aromatic heterocycles. The number of piperidine rings is 1. The van der Waals surface area contributed by atoms with Crippen LogP contribution in [-0.2, 0) is 16.1 Å². The maximum atomic E-state index is 13.1. The number of pyridine rings is 2.